The first-order chi connectivity index (χ1) is 7.08. The first-order valence-electron chi connectivity index (χ1n) is 5.50. The number of hydrogen-bond acceptors (Lipinski definition) is 3. The van der Waals surface area contributed by atoms with Gasteiger partial charge in [0.05, 0.1) is 11.4 Å². The molecular formula is C12H19N3. The highest BCUT2D eigenvalue weighted by Gasteiger charge is 2.22. The molecule has 0 aromatic heterocycles. The van der Waals surface area contributed by atoms with Crippen LogP contribution in [0.1, 0.15) is 20.8 Å². The maximum atomic E-state index is 5.82. The molecule has 1 aromatic carbocycles. The van der Waals surface area contributed by atoms with E-state index in [2.05, 4.69) is 37.1 Å². The molecule has 3 heteroatoms. The smallest absolute Gasteiger partial charge is 0.0625 e. The summed E-state index contributed by atoms with van der Waals surface area (Å²) in [5.41, 5.74) is 9.07. The lowest BCUT2D eigenvalue weighted by Crippen LogP contribution is -2.43. The molecule has 3 nitrogen and oxygen atoms in total. The van der Waals surface area contributed by atoms with Crippen LogP contribution in [0.3, 0.4) is 0 Å². The third kappa shape index (κ3) is 1.87. The van der Waals surface area contributed by atoms with Crippen LogP contribution in [0.15, 0.2) is 18.2 Å². The van der Waals surface area contributed by atoms with Gasteiger partial charge in [0, 0.05) is 24.3 Å². The Hall–Kier alpha value is -1.38. The molecule has 0 radical (unpaired) electrons. The summed E-state index contributed by atoms with van der Waals surface area (Å²) in [6, 6.07) is 7.06. The second-order valence-electron chi connectivity index (χ2n) is 4.57. The fourth-order valence-electron chi connectivity index (χ4n) is 2.10. The van der Waals surface area contributed by atoms with Gasteiger partial charge in [-0.1, -0.05) is 0 Å². The number of anilines is 3. The van der Waals surface area contributed by atoms with Crippen LogP contribution in [0.5, 0.6) is 0 Å². The predicted molar refractivity (Wildman–Crippen MR) is 66.4 cm³/mol. The zero-order valence-electron chi connectivity index (χ0n) is 9.62. The number of nitrogens with zero attached hydrogens (tertiary/aromatic N) is 1. The Balaban J connectivity index is 2.43. The van der Waals surface area contributed by atoms with Gasteiger partial charge in [-0.3, -0.25) is 0 Å². The molecule has 3 N–H and O–H groups in total. The van der Waals surface area contributed by atoms with Crippen LogP contribution in [-0.2, 0) is 0 Å². The van der Waals surface area contributed by atoms with Gasteiger partial charge < -0.3 is 16.0 Å². The van der Waals surface area contributed by atoms with Gasteiger partial charge in [0.1, 0.15) is 0 Å². The Morgan fingerprint density at radius 1 is 1.47 bits per heavy atom. The second-order valence-corrected chi connectivity index (χ2v) is 4.57. The minimum Gasteiger partial charge on any atom is -0.399 e. The van der Waals surface area contributed by atoms with Crippen LogP contribution < -0.4 is 16.0 Å². The minimum atomic E-state index is 0.489. The molecule has 1 heterocycles. The fourth-order valence-corrected chi connectivity index (χ4v) is 2.10. The van der Waals surface area contributed by atoms with Gasteiger partial charge in [0.15, 0.2) is 0 Å². The van der Waals surface area contributed by atoms with Crippen LogP contribution in [0.4, 0.5) is 17.1 Å². The van der Waals surface area contributed by atoms with Gasteiger partial charge in [0.25, 0.3) is 0 Å². The number of fused-ring (bicyclic) bond motifs is 1. The van der Waals surface area contributed by atoms with E-state index in [-0.39, 0.29) is 0 Å². The van der Waals surface area contributed by atoms with E-state index in [1.165, 1.54) is 11.4 Å². The maximum absolute atomic E-state index is 5.82. The Morgan fingerprint density at radius 2 is 2.20 bits per heavy atom. The van der Waals surface area contributed by atoms with Crippen LogP contribution in [-0.4, -0.2) is 18.6 Å². The van der Waals surface area contributed by atoms with Crippen LogP contribution in [0.2, 0.25) is 0 Å². The number of nitrogens with one attached hydrogen (secondary N) is 1. The number of nitrogens with two attached hydrogens (primary N) is 1. The summed E-state index contributed by atoms with van der Waals surface area (Å²) in [4.78, 5) is 2.40. The summed E-state index contributed by atoms with van der Waals surface area (Å²) in [6.45, 7) is 7.67. The van der Waals surface area contributed by atoms with Crippen molar-refractivity contribution in [3.63, 3.8) is 0 Å². The van der Waals surface area contributed by atoms with Crippen molar-refractivity contribution in [2.24, 2.45) is 0 Å². The lowest BCUT2D eigenvalue weighted by molar-refractivity contribution is 0.624. The molecule has 0 aliphatic carbocycles. The molecule has 1 unspecified atom stereocenters. The highest BCUT2D eigenvalue weighted by Crippen LogP contribution is 2.33. The SMILES string of the molecule is CC1CN(C(C)C)c2cc(N)ccc2N1. The van der Waals surface area contributed by atoms with E-state index in [4.69, 9.17) is 5.73 Å². The second kappa shape index (κ2) is 3.65. The Labute approximate surface area is 91.3 Å². The van der Waals surface area contributed by atoms with Crippen molar-refractivity contribution in [2.75, 3.05) is 22.5 Å². The summed E-state index contributed by atoms with van der Waals surface area (Å²) < 4.78 is 0. The molecule has 0 fully saturated rings. The largest absolute Gasteiger partial charge is 0.399 e. The highest BCUT2D eigenvalue weighted by atomic mass is 15.2. The summed E-state index contributed by atoms with van der Waals surface area (Å²) >= 11 is 0. The summed E-state index contributed by atoms with van der Waals surface area (Å²) in [7, 11) is 0. The summed E-state index contributed by atoms with van der Waals surface area (Å²) in [5.74, 6) is 0. The Kier molecular flexibility index (Phi) is 2.47. The van der Waals surface area contributed by atoms with Crippen LogP contribution in [0.25, 0.3) is 0 Å². The van der Waals surface area contributed by atoms with Gasteiger partial charge in [-0.05, 0) is 39.0 Å². The normalized spacial score (nSPS) is 20.0. The van der Waals surface area contributed by atoms with Crippen molar-refractivity contribution in [1.82, 2.24) is 0 Å². The molecule has 15 heavy (non-hydrogen) atoms. The van der Waals surface area contributed by atoms with Gasteiger partial charge >= 0.3 is 0 Å². The molecule has 0 saturated carbocycles. The molecule has 0 amide bonds. The lowest BCUT2D eigenvalue weighted by atomic mass is 10.1. The van der Waals surface area contributed by atoms with E-state index in [1.807, 2.05) is 12.1 Å². The van der Waals surface area contributed by atoms with Gasteiger partial charge in [-0.25, -0.2) is 0 Å². The molecule has 82 valence electrons. The molecule has 1 aliphatic rings. The average Bonchev–Trinajstić information content (AvgIpc) is 2.17. The molecule has 0 bridgehead atoms. The van der Waals surface area contributed by atoms with Crippen molar-refractivity contribution < 1.29 is 0 Å². The molecule has 0 saturated heterocycles. The molecule has 0 spiro atoms. The monoisotopic (exact) mass is 205 g/mol. The van der Waals surface area contributed by atoms with Crippen molar-refractivity contribution in [3.8, 4) is 0 Å². The standard InChI is InChI=1S/C12H19N3/c1-8(2)15-7-9(3)14-11-5-4-10(13)6-12(11)15/h4-6,8-9,14H,7,13H2,1-3H3. The topological polar surface area (TPSA) is 41.3 Å². The van der Waals surface area contributed by atoms with E-state index < -0.39 is 0 Å². The third-order valence-corrected chi connectivity index (χ3v) is 2.83. The quantitative estimate of drug-likeness (QED) is 0.691. The van der Waals surface area contributed by atoms with Gasteiger partial charge in [-0.2, -0.15) is 0 Å². The van der Waals surface area contributed by atoms with Crippen molar-refractivity contribution in [2.45, 2.75) is 32.9 Å². The number of nitrogen functional groups attached to an aromatic ring is 1. The average molecular weight is 205 g/mol. The molecule has 2 rings (SSSR count). The number of benzene rings is 1. The Morgan fingerprint density at radius 3 is 2.87 bits per heavy atom. The molecule has 1 aliphatic heterocycles. The third-order valence-electron chi connectivity index (χ3n) is 2.83. The number of hydrogen-bond donors (Lipinski definition) is 2. The first-order valence-corrected chi connectivity index (χ1v) is 5.50. The van der Waals surface area contributed by atoms with E-state index in [9.17, 15) is 0 Å². The minimum absolute atomic E-state index is 0.489. The molecule has 1 atom stereocenters. The Bertz CT molecular complexity index is 360. The highest BCUT2D eigenvalue weighted by molar-refractivity contribution is 5.76. The molecular weight excluding hydrogens is 186 g/mol. The maximum Gasteiger partial charge on any atom is 0.0625 e. The fraction of sp³-hybridized carbons (Fsp3) is 0.500. The van der Waals surface area contributed by atoms with Crippen LogP contribution >= 0.6 is 0 Å². The molecule has 1 aromatic rings. The van der Waals surface area contributed by atoms with Crippen molar-refractivity contribution in [3.05, 3.63) is 18.2 Å². The lowest BCUT2D eigenvalue weighted by Gasteiger charge is -2.38. The summed E-state index contributed by atoms with van der Waals surface area (Å²) in [6.07, 6.45) is 0. The van der Waals surface area contributed by atoms with Gasteiger partial charge in [0.2, 0.25) is 0 Å². The van der Waals surface area contributed by atoms with E-state index >= 15 is 0 Å². The summed E-state index contributed by atoms with van der Waals surface area (Å²) in [5, 5.41) is 3.47. The van der Waals surface area contributed by atoms with Crippen molar-refractivity contribution >= 4 is 17.1 Å². The predicted octanol–water partition coefficient (Wildman–Crippen LogP) is 2.30. The first kappa shape index (κ1) is 10.1. The van der Waals surface area contributed by atoms with E-state index in [1.54, 1.807) is 0 Å². The zero-order chi connectivity index (χ0) is 11.0. The van der Waals surface area contributed by atoms with E-state index in [0.29, 0.717) is 12.1 Å². The van der Waals surface area contributed by atoms with Gasteiger partial charge in [-0.15, -0.1) is 0 Å². The van der Waals surface area contributed by atoms with Crippen LogP contribution in [0, 0.1) is 0 Å². The van der Waals surface area contributed by atoms with Crippen molar-refractivity contribution in [1.29, 1.82) is 0 Å². The number of rotatable bonds is 1. The zero-order valence-corrected chi connectivity index (χ0v) is 9.62. The van der Waals surface area contributed by atoms with E-state index in [0.717, 1.165) is 12.2 Å².